The molecule has 1 N–H and O–H groups in total. The van der Waals surface area contributed by atoms with Crippen LogP contribution in [0.2, 0.25) is 0 Å². The number of amides is 2. The molecule has 2 amide bonds. The summed E-state index contributed by atoms with van der Waals surface area (Å²) in [5.41, 5.74) is 1.04. The summed E-state index contributed by atoms with van der Waals surface area (Å²) in [5.74, 6) is -0.470. The standard InChI is InChI=1S/C18H19F2N3O2/c1-25-15-5-3-14(4-6-15)21-18(24)23-10-8-22(9-11-23)17-7-2-13(19)12-16(17)20/h2-7,12H,8-11H2,1H3,(H,21,24). The van der Waals surface area contributed by atoms with E-state index in [1.165, 1.54) is 12.1 Å². The first-order valence-electron chi connectivity index (χ1n) is 7.97. The molecule has 1 aliphatic heterocycles. The Morgan fingerprint density at radius 2 is 1.72 bits per heavy atom. The van der Waals surface area contributed by atoms with E-state index in [4.69, 9.17) is 4.74 Å². The molecule has 2 aromatic carbocycles. The minimum atomic E-state index is -0.598. The maximum absolute atomic E-state index is 13.9. The first kappa shape index (κ1) is 17.0. The summed E-state index contributed by atoms with van der Waals surface area (Å²) in [7, 11) is 1.58. The van der Waals surface area contributed by atoms with Gasteiger partial charge < -0.3 is 19.9 Å². The fourth-order valence-electron chi connectivity index (χ4n) is 2.77. The molecule has 1 fully saturated rings. The number of nitrogens with one attached hydrogen (secondary N) is 1. The topological polar surface area (TPSA) is 44.8 Å². The number of nitrogens with zero attached hydrogens (tertiary/aromatic N) is 2. The summed E-state index contributed by atoms with van der Waals surface area (Å²) in [6.07, 6.45) is 0. The zero-order valence-electron chi connectivity index (χ0n) is 13.8. The van der Waals surface area contributed by atoms with Gasteiger partial charge in [-0.05, 0) is 36.4 Å². The second kappa shape index (κ2) is 7.38. The predicted molar refractivity (Wildman–Crippen MR) is 92.2 cm³/mol. The molecule has 132 valence electrons. The van der Waals surface area contributed by atoms with Crippen LogP contribution in [0, 0.1) is 11.6 Å². The van der Waals surface area contributed by atoms with Crippen LogP contribution >= 0.6 is 0 Å². The highest BCUT2D eigenvalue weighted by Crippen LogP contribution is 2.22. The Bertz CT molecular complexity index is 744. The zero-order chi connectivity index (χ0) is 17.8. The Labute approximate surface area is 144 Å². The van der Waals surface area contributed by atoms with Gasteiger partial charge in [0.1, 0.15) is 17.4 Å². The Hall–Kier alpha value is -2.83. The van der Waals surface area contributed by atoms with Crippen LogP contribution in [0.15, 0.2) is 42.5 Å². The molecule has 1 aliphatic rings. The fraction of sp³-hybridized carbons (Fsp3) is 0.278. The number of hydrogen-bond donors (Lipinski definition) is 1. The Morgan fingerprint density at radius 1 is 1.04 bits per heavy atom. The van der Waals surface area contributed by atoms with E-state index >= 15 is 0 Å². The molecule has 0 atom stereocenters. The van der Waals surface area contributed by atoms with Crippen molar-refractivity contribution in [1.82, 2.24) is 4.90 Å². The van der Waals surface area contributed by atoms with Crippen LogP contribution in [-0.4, -0.2) is 44.2 Å². The van der Waals surface area contributed by atoms with Crippen LogP contribution in [0.3, 0.4) is 0 Å². The fourth-order valence-corrected chi connectivity index (χ4v) is 2.77. The van der Waals surface area contributed by atoms with Crippen LogP contribution in [0.5, 0.6) is 5.75 Å². The summed E-state index contributed by atoms with van der Waals surface area (Å²) < 4.78 is 31.9. The molecule has 1 saturated heterocycles. The number of rotatable bonds is 3. The smallest absolute Gasteiger partial charge is 0.321 e. The maximum Gasteiger partial charge on any atom is 0.321 e. The van der Waals surface area contributed by atoms with E-state index in [1.807, 2.05) is 4.90 Å². The molecule has 0 aliphatic carbocycles. The van der Waals surface area contributed by atoms with E-state index in [0.29, 0.717) is 43.3 Å². The van der Waals surface area contributed by atoms with Crippen molar-refractivity contribution >= 4 is 17.4 Å². The van der Waals surface area contributed by atoms with Gasteiger partial charge in [-0.15, -0.1) is 0 Å². The first-order chi connectivity index (χ1) is 12.1. The lowest BCUT2D eigenvalue weighted by atomic mass is 10.2. The number of benzene rings is 2. The highest BCUT2D eigenvalue weighted by molar-refractivity contribution is 5.89. The highest BCUT2D eigenvalue weighted by Gasteiger charge is 2.23. The Balaban J connectivity index is 1.56. The van der Waals surface area contributed by atoms with Crippen molar-refractivity contribution in [2.75, 3.05) is 43.5 Å². The molecule has 0 unspecified atom stereocenters. The van der Waals surface area contributed by atoms with Gasteiger partial charge in [0.25, 0.3) is 0 Å². The molecule has 3 rings (SSSR count). The van der Waals surface area contributed by atoms with Crippen molar-refractivity contribution in [3.63, 3.8) is 0 Å². The number of ether oxygens (including phenoxy) is 1. The summed E-state index contributed by atoms with van der Waals surface area (Å²) in [6.45, 7) is 1.88. The van der Waals surface area contributed by atoms with E-state index in [0.717, 1.165) is 6.07 Å². The lowest BCUT2D eigenvalue weighted by molar-refractivity contribution is 0.208. The molecule has 2 aromatic rings. The number of methoxy groups -OCH3 is 1. The lowest BCUT2D eigenvalue weighted by Gasteiger charge is -2.36. The molecular formula is C18H19F2N3O2. The number of carbonyl (C=O) groups excluding carboxylic acids is 1. The van der Waals surface area contributed by atoms with Gasteiger partial charge >= 0.3 is 6.03 Å². The van der Waals surface area contributed by atoms with Gasteiger partial charge in [0, 0.05) is 37.9 Å². The third-order valence-corrected chi connectivity index (χ3v) is 4.16. The van der Waals surface area contributed by atoms with Gasteiger partial charge in [0.2, 0.25) is 0 Å². The highest BCUT2D eigenvalue weighted by atomic mass is 19.1. The molecular weight excluding hydrogens is 328 g/mol. The Morgan fingerprint density at radius 3 is 2.32 bits per heavy atom. The van der Waals surface area contributed by atoms with Crippen LogP contribution in [0.4, 0.5) is 25.0 Å². The molecule has 0 aromatic heterocycles. The maximum atomic E-state index is 13.9. The summed E-state index contributed by atoms with van der Waals surface area (Å²) in [4.78, 5) is 15.8. The van der Waals surface area contributed by atoms with Crippen LogP contribution in [-0.2, 0) is 0 Å². The van der Waals surface area contributed by atoms with E-state index in [1.54, 1.807) is 36.3 Å². The second-order valence-electron chi connectivity index (χ2n) is 5.73. The molecule has 7 heteroatoms. The molecule has 0 spiro atoms. The van der Waals surface area contributed by atoms with Crippen LogP contribution in [0.25, 0.3) is 0 Å². The molecule has 0 saturated carbocycles. The van der Waals surface area contributed by atoms with Crippen LogP contribution < -0.4 is 15.0 Å². The van der Waals surface area contributed by atoms with Gasteiger partial charge in [-0.2, -0.15) is 0 Å². The third kappa shape index (κ3) is 3.99. The zero-order valence-corrected chi connectivity index (χ0v) is 13.8. The summed E-state index contributed by atoms with van der Waals surface area (Å²) in [6, 6.07) is 10.4. The molecule has 25 heavy (non-hydrogen) atoms. The van der Waals surface area contributed by atoms with Crippen molar-refractivity contribution in [2.45, 2.75) is 0 Å². The number of anilines is 2. The summed E-state index contributed by atoms with van der Waals surface area (Å²) >= 11 is 0. The summed E-state index contributed by atoms with van der Waals surface area (Å²) in [5, 5.41) is 2.83. The second-order valence-corrected chi connectivity index (χ2v) is 5.73. The van der Waals surface area contributed by atoms with Gasteiger partial charge in [-0.1, -0.05) is 0 Å². The quantitative estimate of drug-likeness (QED) is 0.926. The normalized spacial score (nSPS) is 14.4. The number of piperazine rings is 1. The van der Waals surface area contributed by atoms with Crippen molar-refractivity contribution in [2.24, 2.45) is 0 Å². The van der Waals surface area contributed by atoms with Crippen molar-refractivity contribution in [1.29, 1.82) is 0 Å². The molecule has 5 nitrogen and oxygen atoms in total. The van der Waals surface area contributed by atoms with Gasteiger partial charge in [0.15, 0.2) is 0 Å². The van der Waals surface area contributed by atoms with Crippen molar-refractivity contribution in [3.8, 4) is 5.75 Å². The van der Waals surface area contributed by atoms with E-state index in [-0.39, 0.29) is 6.03 Å². The van der Waals surface area contributed by atoms with Crippen molar-refractivity contribution < 1.29 is 18.3 Å². The van der Waals surface area contributed by atoms with E-state index < -0.39 is 11.6 Å². The van der Waals surface area contributed by atoms with Gasteiger partial charge in [-0.3, -0.25) is 0 Å². The third-order valence-electron chi connectivity index (χ3n) is 4.16. The SMILES string of the molecule is COc1ccc(NC(=O)N2CCN(c3ccc(F)cc3F)CC2)cc1. The molecule has 0 bridgehead atoms. The minimum Gasteiger partial charge on any atom is -0.497 e. The first-order valence-corrected chi connectivity index (χ1v) is 7.97. The average molecular weight is 347 g/mol. The minimum absolute atomic E-state index is 0.204. The van der Waals surface area contributed by atoms with Crippen LogP contribution in [0.1, 0.15) is 0 Å². The lowest BCUT2D eigenvalue weighted by Crippen LogP contribution is -2.50. The molecule has 1 heterocycles. The number of halogens is 2. The predicted octanol–water partition coefficient (Wildman–Crippen LogP) is 3.33. The van der Waals surface area contributed by atoms with Gasteiger partial charge in [-0.25, -0.2) is 13.6 Å². The van der Waals surface area contributed by atoms with Gasteiger partial charge in [0.05, 0.1) is 12.8 Å². The number of urea groups is 1. The number of hydrogen-bond acceptors (Lipinski definition) is 3. The monoisotopic (exact) mass is 347 g/mol. The van der Waals surface area contributed by atoms with E-state index in [9.17, 15) is 13.6 Å². The Kier molecular flexibility index (Phi) is 5.02. The largest absolute Gasteiger partial charge is 0.497 e. The molecule has 0 radical (unpaired) electrons. The number of carbonyl (C=O) groups is 1. The van der Waals surface area contributed by atoms with Crippen molar-refractivity contribution in [3.05, 3.63) is 54.1 Å². The van der Waals surface area contributed by atoms with E-state index in [2.05, 4.69) is 5.32 Å². The average Bonchev–Trinajstić information content (AvgIpc) is 2.62.